The molecule has 1 fully saturated rings. The molecular weight excluding hydrogens is 409 g/mol. The SMILES string of the molecule is OCCOCCN1CCN(C2=Nc3ccccc3Sc3ccc(SF)cc32)CC1. The number of para-hydroxylation sites is 1. The Kier molecular flexibility index (Phi) is 7.10. The molecular formula is C21H24FN3O2S2. The van der Waals surface area contributed by atoms with Gasteiger partial charge in [0.25, 0.3) is 0 Å². The molecule has 0 aromatic heterocycles. The van der Waals surface area contributed by atoms with Crippen molar-refractivity contribution in [3.05, 3.63) is 48.0 Å². The number of aliphatic hydroxyl groups is 1. The third kappa shape index (κ3) is 4.95. The van der Waals surface area contributed by atoms with E-state index in [2.05, 4.69) is 15.9 Å². The van der Waals surface area contributed by atoms with E-state index in [4.69, 9.17) is 14.8 Å². The van der Waals surface area contributed by atoms with E-state index in [9.17, 15) is 3.89 Å². The van der Waals surface area contributed by atoms with E-state index >= 15 is 0 Å². The van der Waals surface area contributed by atoms with Crippen molar-refractivity contribution < 1.29 is 13.7 Å². The molecule has 154 valence electrons. The van der Waals surface area contributed by atoms with E-state index in [1.807, 2.05) is 36.4 Å². The zero-order valence-corrected chi connectivity index (χ0v) is 17.7. The molecule has 0 amide bonds. The number of piperazine rings is 1. The van der Waals surface area contributed by atoms with Crippen LogP contribution in [0.15, 0.2) is 62.1 Å². The Morgan fingerprint density at radius 1 is 1.07 bits per heavy atom. The Hall–Kier alpha value is -1.58. The lowest BCUT2D eigenvalue weighted by molar-refractivity contribution is 0.0652. The fraction of sp³-hybridized carbons (Fsp3) is 0.381. The van der Waals surface area contributed by atoms with E-state index in [-0.39, 0.29) is 18.8 Å². The molecule has 1 N–H and O–H groups in total. The quantitative estimate of drug-likeness (QED) is 0.699. The van der Waals surface area contributed by atoms with Crippen LogP contribution in [0.25, 0.3) is 0 Å². The van der Waals surface area contributed by atoms with Crippen LogP contribution in [0.5, 0.6) is 0 Å². The standard InChI is InChI=1S/C21H24FN3O2S2/c22-29-16-5-6-19-17(15-16)21(23-18-3-1-2-4-20(18)28-19)25-9-7-24(8-10-25)11-13-27-14-12-26/h1-6,15,26H,7-14H2. The molecule has 2 aliphatic heterocycles. The summed E-state index contributed by atoms with van der Waals surface area (Å²) in [5.74, 6) is 0.921. The van der Waals surface area contributed by atoms with Crippen LogP contribution in [-0.2, 0) is 4.74 Å². The number of hydrogen-bond donors (Lipinski definition) is 1. The Morgan fingerprint density at radius 3 is 2.69 bits per heavy atom. The van der Waals surface area contributed by atoms with Crippen molar-refractivity contribution in [2.45, 2.75) is 14.7 Å². The van der Waals surface area contributed by atoms with Crippen molar-refractivity contribution in [3.63, 3.8) is 0 Å². The van der Waals surface area contributed by atoms with Crippen LogP contribution in [-0.4, -0.2) is 73.3 Å². The summed E-state index contributed by atoms with van der Waals surface area (Å²) in [5.41, 5.74) is 1.95. The minimum atomic E-state index is 0.0612. The predicted molar refractivity (Wildman–Crippen MR) is 116 cm³/mol. The van der Waals surface area contributed by atoms with Gasteiger partial charge in [0.15, 0.2) is 0 Å². The monoisotopic (exact) mass is 433 g/mol. The highest BCUT2D eigenvalue weighted by molar-refractivity contribution is 7.99. The maximum absolute atomic E-state index is 13.3. The highest BCUT2D eigenvalue weighted by atomic mass is 32.2. The van der Waals surface area contributed by atoms with Gasteiger partial charge in [0, 0.05) is 53.0 Å². The summed E-state index contributed by atoms with van der Waals surface area (Å²) < 4.78 is 18.7. The van der Waals surface area contributed by atoms with Crippen molar-refractivity contribution in [2.24, 2.45) is 4.99 Å². The van der Waals surface area contributed by atoms with Crippen molar-refractivity contribution in [1.82, 2.24) is 9.80 Å². The summed E-state index contributed by atoms with van der Waals surface area (Å²) in [4.78, 5) is 12.5. The maximum Gasteiger partial charge on any atom is 0.137 e. The van der Waals surface area contributed by atoms with Gasteiger partial charge in [-0.05, 0) is 30.3 Å². The van der Waals surface area contributed by atoms with Crippen LogP contribution in [0.4, 0.5) is 9.57 Å². The number of aliphatic hydroxyl groups excluding tert-OH is 1. The van der Waals surface area contributed by atoms with Gasteiger partial charge in [-0.1, -0.05) is 23.9 Å². The zero-order chi connectivity index (χ0) is 20.1. The van der Waals surface area contributed by atoms with E-state index in [1.54, 1.807) is 11.8 Å². The summed E-state index contributed by atoms with van der Waals surface area (Å²) in [6.45, 7) is 5.50. The normalized spacial score (nSPS) is 16.8. The van der Waals surface area contributed by atoms with Gasteiger partial charge in [-0.2, -0.15) is 3.89 Å². The number of benzene rings is 2. The van der Waals surface area contributed by atoms with E-state index in [1.165, 1.54) is 0 Å². The number of amidine groups is 1. The second kappa shape index (κ2) is 9.95. The lowest BCUT2D eigenvalue weighted by Crippen LogP contribution is -2.49. The van der Waals surface area contributed by atoms with Crippen molar-refractivity contribution in [1.29, 1.82) is 0 Å². The number of hydrogen-bond acceptors (Lipinski definition) is 7. The molecule has 0 unspecified atom stereocenters. The molecule has 4 rings (SSSR count). The van der Waals surface area contributed by atoms with Gasteiger partial charge in [0.1, 0.15) is 5.84 Å². The second-order valence-electron chi connectivity index (χ2n) is 6.90. The first-order valence-corrected chi connectivity index (χ1v) is 11.3. The highest BCUT2D eigenvalue weighted by Gasteiger charge is 2.25. The van der Waals surface area contributed by atoms with Gasteiger partial charge >= 0.3 is 0 Å². The average molecular weight is 434 g/mol. The van der Waals surface area contributed by atoms with Gasteiger partial charge in [-0.15, -0.1) is 0 Å². The predicted octanol–water partition coefficient (Wildman–Crippen LogP) is 3.83. The molecule has 29 heavy (non-hydrogen) atoms. The first-order chi connectivity index (χ1) is 14.3. The number of fused-ring (bicyclic) bond motifs is 2. The first-order valence-electron chi connectivity index (χ1n) is 9.73. The molecule has 2 aromatic rings. The van der Waals surface area contributed by atoms with Gasteiger partial charge in [-0.3, -0.25) is 4.90 Å². The topological polar surface area (TPSA) is 48.3 Å². The lowest BCUT2D eigenvalue weighted by atomic mass is 10.1. The summed E-state index contributed by atoms with van der Waals surface area (Å²) in [6, 6.07) is 13.9. The molecule has 2 aliphatic rings. The number of halogens is 1. The molecule has 5 nitrogen and oxygen atoms in total. The van der Waals surface area contributed by atoms with E-state index in [0.29, 0.717) is 18.1 Å². The summed E-state index contributed by atoms with van der Waals surface area (Å²) in [6.07, 6.45) is 0. The van der Waals surface area contributed by atoms with Crippen LogP contribution in [0.2, 0.25) is 0 Å². The van der Waals surface area contributed by atoms with Crippen molar-refractivity contribution >= 4 is 35.4 Å². The molecule has 2 heterocycles. The van der Waals surface area contributed by atoms with Crippen LogP contribution < -0.4 is 0 Å². The minimum absolute atomic E-state index is 0.0612. The third-order valence-corrected chi connectivity index (χ3v) is 6.62. The van der Waals surface area contributed by atoms with Gasteiger partial charge < -0.3 is 14.7 Å². The van der Waals surface area contributed by atoms with Gasteiger partial charge in [-0.25, -0.2) is 4.99 Å². The number of ether oxygens (including phenoxy) is 1. The maximum atomic E-state index is 13.3. The molecule has 0 spiro atoms. The molecule has 8 heteroatoms. The Morgan fingerprint density at radius 2 is 1.90 bits per heavy atom. The highest BCUT2D eigenvalue weighted by Crippen LogP contribution is 2.41. The van der Waals surface area contributed by atoms with E-state index < -0.39 is 0 Å². The first kappa shape index (κ1) is 20.7. The Balaban J connectivity index is 1.55. The van der Waals surface area contributed by atoms with Crippen LogP contribution >= 0.6 is 23.9 Å². The fourth-order valence-electron chi connectivity index (χ4n) is 3.53. The number of aliphatic imine (C=N–C) groups is 1. The second-order valence-corrected chi connectivity index (χ2v) is 8.61. The van der Waals surface area contributed by atoms with E-state index in [0.717, 1.165) is 59.6 Å². The van der Waals surface area contributed by atoms with Crippen LogP contribution in [0.1, 0.15) is 5.56 Å². The molecule has 0 atom stereocenters. The molecule has 0 radical (unpaired) electrons. The minimum Gasteiger partial charge on any atom is -0.394 e. The van der Waals surface area contributed by atoms with Crippen LogP contribution in [0.3, 0.4) is 0 Å². The summed E-state index contributed by atoms with van der Waals surface area (Å²) in [7, 11) is 0. The third-order valence-electron chi connectivity index (χ3n) is 5.05. The molecule has 0 aliphatic carbocycles. The largest absolute Gasteiger partial charge is 0.394 e. The smallest absolute Gasteiger partial charge is 0.137 e. The summed E-state index contributed by atoms with van der Waals surface area (Å²) in [5, 5.41) is 8.81. The molecule has 0 saturated carbocycles. The molecule has 1 saturated heterocycles. The summed E-state index contributed by atoms with van der Waals surface area (Å²) >= 11 is 1.96. The number of nitrogens with zero attached hydrogens (tertiary/aromatic N) is 3. The zero-order valence-electron chi connectivity index (χ0n) is 16.1. The van der Waals surface area contributed by atoms with Crippen LogP contribution in [0, 0.1) is 0 Å². The fourth-order valence-corrected chi connectivity index (χ4v) is 4.81. The van der Waals surface area contributed by atoms with Gasteiger partial charge in [0.2, 0.25) is 0 Å². The Bertz CT molecular complexity index is 873. The Labute approximate surface area is 179 Å². The van der Waals surface area contributed by atoms with Gasteiger partial charge in [0.05, 0.1) is 37.7 Å². The molecule has 0 bridgehead atoms. The van der Waals surface area contributed by atoms with Crippen molar-refractivity contribution in [2.75, 3.05) is 52.5 Å². The van der Waals surface area contributed by atoms with Crippen molar-refractivity contribution in [3.8, 4) is 0 Å². The molecule has 2 aromatic carbocycles. The average Bonchev–Trinajstić information content (AvgIpc) is 2.93. The lowest BCUT2D eigenvalue weighted by Gasteiger charge is -2.36. The number of rotatable bonds is 6.